The van der Waals surface area contributed by atoms with Gasteiger partial charge in [0.05, 0.1) is 6.20 Å². The van der Waals surface area contributed by atoms with Crippen molar-refractivity contribution in [3.63, 3.8) is 0 Å². The van der Waals surface area contributed by atoms with Gasteiger partial charge < -0.3 is 4.90 Å². The van der Waals surface area contributed by atoms with E-state index in [-0.39, 0.29) is 11.9 Å². The van der Waals surface area contributed by atoms with Crippen LogP contribution in [0.5, 0.6) is 0 Å². The van der Waals surface area contributed by atoms with Gasteiger partial charge in [-0.2, -0.15) is 5.10 Å². The average molecular weight is 381 g/mol. The Bertz CT molecular complexity index is 753. The molecule has 0 spiro atoms. The van der Waals surface area contributed by atoms with E-state index >= 15 is 0 Å². The number of nitrogens with zero attached hydrogens (tertiary/aromatic N) is 4. The molecule has 0 saturated carbocycles. The lowest BCUT2D eigenvalue weighted by Gasteiger charge is -2.36. The van der Waals surface area contributed by atoms with Gasteiger partial charge in [0, 0.05) is 49.0 Å². The van der Waals surface area contributed by atoms with Gasteiger partial charge in [0.2, 0.25) is 5.91 Å². The van der Waals surface area contributed by atoms with Crippen molar-refractivity contribution in [1.29, 1.82) is 0 Å². The second-order valence-corrected chi connectivity index (χ2v) is 7.35. The van der Waals surface area contributed by atoms with Crippen molar-refractivity contribution in [2.75, 3.05) is 26.2 Å². The molecule has 5 nitrogen and oxygen atoms in total. The second kappa shape index (κ2) is 7.77. The first-order valence-corrected chi connectivity index (χ1v) is 9.15. The Labute approximate surface area is 158 Å². The summed E-state index contributed by atoms with van der Waals surface area (Å²) in [7, 11) is 0. The molecule has 0 N–H and O–H groups in total. The molecule has 3 rings (SSSR count). The molecule has 0 aliphatic carbocycles. The zero-order valence-electron chi connectivity index (χ0n) is 14.5. The van der Waals surface area contributed by atoms with Crippen LogP contribution in [0.4, 0.5) is 0 Å². The maximum Gasteiger partial charge on any atom is 0.247 e. The Morgan fingerprint density at radius 2 is 1.96 bits per heavy atom. The molecule has 1 aliphatic rings. The number of carbonyl (C=O) groups excluding carboxylic acids is 1. The predicted molar refractivity (Wildman–Crippen MR) is 100.0 cm³/mol. The highest BCUT2D eigenvalue weighted by Gasteiger charge is 2.26. The fourth-order valence-electron chi connectivity index (χ4n) is 3.04. The van der Waals surface area contributed by atoms with E-state index in [9.17, 15) is 4.79 Å². The highest BCUT2D eigenvalue weighted by atomic mass is 35.5. The number of aryl methyl sites for hydroxylation is 1. The number of benzene rings is 1. The van der Waals surface area contributed by atoms with Crippen molar-refractivity contribution in [2.45, 2.75) is 26.4 Å². The van der Waals surface area contributed by atoms with Crippen LogP contribution in [-0.2, 0) is 11.3 Å². The molecule has 1 aromatic heterocycles. The van der Waals surface area contributed by atoms with Gasteiger partial charge in [-0.3, -0.25) is 14.4 Å². The van der Waals surface area contributed by atoms with Crippen LogP contribution in [-0.4, -0.2) is 51.7 Å². The molecule has 1 fully saturated rings. The molecule has 1 amide bonds. The molecule has 25 heavy (non-hydrogen) atoms. The zero-order chi connectivity index (χ0) is 18.0. The number of hydrogen-bond acceptors (Lipinski definition) is 3. The molecular formula is C18H22Cl2N4O. The van der Waals surface area contributed by atoms with E-state index < -0.39 is 0 Å². The van der Waals surface area contributed by atoms with E-state index in [1.54, 1.807) is 16.9 Å². The SMILES string of the molecule is Cc1cnn(C(C)C(=O)N2CCN(Cc3ccc(Cl)cc3Cl)CC2)c1. The van der Waals surface area contributed by atoms with Gasteiger partial charge in [-0.25, -0.2) is 0 Å². The molecule has 1 atom stereocenters. The first kappa shape index (κ1) is 18.2. The minimum Gasteiger partial charge on any atom is -0.338 e. The van der Waals surface area contributed by atoms with Gasteiger partial charge in [0.1, 0.15) is 6.04 Å². The second-order valence-electron chi connectivity index (χ2n) is 6.51. The van der Waals surface area contributed by atoms with E-state index in [0.29, 0.717) is 23.1 Å². The Morgan fingerprint density at radius 3 is 2.56 bits per heavy atom. The maximum absolute atomic E-state index is 12.7. The lowest BCUT2D eigenvalue weighted by atomic mass is 10.2. The Balaban J connectivity index is 1.55. The van der Waals surface area contributed by atoms with E-state index in [2.05, 4.69) is 10.00 Å². The average Bonchev–Trinajstić information content (AvgIpc) is 3.03. The van der Waals surface area contributed by atoms with Crippen molar-refractivity contribution in [1.82, 2.24) is 19.6 Å². The zero-order valence-corrected chi connectivity index (χ0v) is 16.0. The van der Waals surface area contributed by atoms with Crippen molar-refractivity contribution in [3.05, 3.63) is 51.8 Å². The van der Waals surface area contributed by atoms with Gasteiger partial charge in [0.25, 0.3) is 0 Å². The summed E-state index contributed by atoms with van der Waals surface area (Å²) in [6.07, 6.45) is 3.68. The fraction of sp³-hybridized carbons (Fsp3) is 0.444. The van der Waals surface area contributed by atoms with Crippen LogP contribution >= 0.6 is 23.2 Å². The van der Waals surface area contributed by atoms with Gasteiger partial charge >= 0.3 is 0 Å². The van der Waals surface area contributed by atoms with Crippen LogP contribution < -0.4 is 0 Å². The number of amides is 1. The maximum atomic E-state index is 12.7. The van der Waals surface area contributed by atoms with E-state index in [1.165, 1.54) is 0 Å². The van der Waals surface area contributed by atoms with Crippen molar-refractivity contribution < 1.29 is 4.79 Å². The molecule has 2 aromatic rings. The summed E-state index contributed by atoms with van der Waals surface area (Å²) in [4.78, 5) is 16.9. The summed E-state index contributed by atoms with van der Waals surface area (Å²) in [5, 5.41) is 5.59. The highest BCUT2D eigenvalue weighted by molar-refractivity contribution is 6.35. The minimum absolute atomic E-state index is 0.118. The quantitative estimate of drug-likeness (QED) is 0.815. The standard InChI is InChI=1S/C18H22Cl2N4O/c1-13-10-21-24(11-13)14(2)18(25)23-7-5-22(6-8-23)12-15-3-4-16(19)9-17(15)20/h3-4,9-11,14H,5-8,12H2,1-2H3. The van der Waals surface area contributed by atoms with Crippen LogP contribution in [0.25, 0.3) is 0 Å². The van der Waals surface area contributed by atoms with Gasteiger partial charge in [0.15, 0.2) is 0 Å². The van der Waals surface area contributed by atoms with Crippen molar-refractivity contribution >= 4 is 29.1 Å². The molecule has 1 aliphatic heterocycles. The van der Waals surface area contributed by atoms with Gasteiger partial charge in [-0.1, -0.05) is 29.3 Å². The highest BCUT2D eigenvalue weighted by Crippen LogP contribution is 2.23. The van der Waals surface area contributed by atoms with E-state index in [0.717, 1.165) is 30.8 Å². The Kier molecular flexibility index (Phi) is 5.67. The molecule has 0 radical (unpaired) electrons. The lowest BCUT2D eigenvalue weighted by Crippen LogP contribution is -2.50. The number of aromatic nitrogens is 2. The number of hydrogen-bond donors (Lipinski definition) is 0. The van der Waals surface area contributed by atoms with Crippen molar-refractivity contribution in [2.24, 2.45) is 0 Å². The summed E-state index contributed by atoms with van der Waals surface area (Å²) < 4.78 is 1.73. The van der Waals surface area contributed by atoms with Crippen LogP contribution in [0.3, 0.4) is 0 Å². The first-order chi connectivity index (χ1) is 11.9. The Hall–Kier alpha value is -1.56. The molecule has 1 unspecified atom stereocenters. The summed E-state index contributed by atoms with van der Waals surface area (Å²) in [6.45, 7) is 7.73. The number of carbonyl (C=O) groups is 1. The smallest absolute Gasteiger partial charge is 0.247 e. The summed E-state index contributed by atoms with van der Waals surface area (Å²) in [6, 6.07) is 5.32. The summed E-state index contributed by atoms with van der Waals surface area (Å²) in [5.41, 5.74) is 2.12. The molecule has 7 heteroatoms. The number of rotatable bonds is 4. The molecule has 0 bridgehead atoms. The molecule has 134 valence electrons. The molecule has 2 heterocycles. The molecule has 1 saturated heterocycles. The van der Waals surface area contributed by atoms with Crippen LogP contribution in [0, 0.1) is 6.92 Å². The number of halogens is 2. The summed E-state index contributed by atoms with van der Waals surface area (Å²) in [5.74, 6) is 0.118. The summed E-state index contributed by atoms with van der Waals surface area (Å²) >= 11 is 12.2. The third-order valence-electron chi connectivity index (χ3n) is 4.58. The first-order valence-electron chi connectivity index (χ1n) is 8.40. The van der Waals surface area contributed by atoms with Gasteiger partial charge in [-0.05, 0) is 37.1 Å². The fourth-order valence-corrected chi connectivity index (χ4v) is 3.51. The Morgan fingerprint density at radius 1 is 1.24 bits per heavy atom. The monoisotopic (exact) mass is 380 g/mol. The normalized spacial score (nSPS) is 16.9. The van der Waals surface area contributed by atoms with Gasteiger partial charge in [-0.15, -0.1) is 0 Å². The van der Waals surface area contributed by atoms with E-state index in [4.69, 9.17) is 23.2 Å². The molecule has 1 aromatic carbocycles. The van der Waals surface area contributed by atoms with Crippen LogP contribution in [0.1, 0.15) is 24.1 Å². The minimum atomic E-state index is -0.272. The number of piperazine rings is 1. The lowest BCUT2D eigenvalue weighted by molar-refractivity contribution is -0.136. The van der Waals surface area contributed by atoms with Crippen LogP contribution in [0.2, 0.25) is 10.0 Å². The topological polar surface area (TPSA) is 41.4 Å². The largest absolute Gasteiger partial charge is 0.338 e. The molecular weight excluding hydrogens is 359 g/mol. The third-order valence-corrected chi connectivity index (χ3v) is 5.16. The predicted octanol–water partition coefficient (Wildman–Crippen LogP) is 3.40. The van der Waals surface area contributed by atoms with E-state index in [1.807, 2.05) is 37.1 Å². The van der Waals surface area contributed by atoms with Crippen molar-refractivity contribution in [3.8, 4) is 0 Å². The third kappa shape index (κ3) is 4.35. The van der Waals surface area contributed by atoms with Crippen LogP contribution in [0.15, 0.2) is 30.6 Å².